The van der Waals surface area contributed by atoms with Crippen LogP contribution in [0.2, 0.25) is 0 Å². The van der Waals surface area contributed by atoms with Crippen molar-refractivity contribution in [2.75, 3.05) is 24.2 Å². The summed E-state index contributed by atoms with van der Waals surface area (Å²) >= 11 is 1.89. The standard InChI is InChI=1S/C16H15F3N4O4S2/c1-2-27-12(25)7-20-11(24)8-28-15-23-22-14(29-15)21-13(26)9-5-3-4-6-10(9)16(17,18)19/h3-6H,2,7-8H2,1H3,(H,20,24)(H,21,22,26). The van der Waals surface area contributed by atoms with Crippen LogP contribution in [0.3, 0.4) is 0 Å². The lowest BCUT2D eigenvalue weighted by molar-refractivity contribution is -0.143. The topological polar surface area (TPSA) is 110 Å². The summed E-state index contributed by atoms with van der Waals surface area (Å²) in [7, 11) is 0. The third kappa shape index (κ3) is 7.02. The lowest BCUT2D eigenvalue weighted by Gasteiger charge is -2.11. The SMILES string of the molecule is CCOC(=O)CNC(=O)CSc1nnc(NC(=O)c2ccccc2C(F)(F)F)s1. The second kappa shape index (κ2) is 10.2. The van der Waals surface area contributed by atoms with E-state index >= 15 is 0 Å². The molecule has 2 N–H and O–H groups in total. The monoisotopic (exact) mass is 448 g/mol. The van der Waals surface area contributed by atoms with Crippen molar-refractivity contribution in [3.8, 4) is 0 Å². The van der Waals surface area contributed by atoms with E-state index in [2.05, 4.69) is 25.6 Å². The second-order valence-corrected chi connectivity index (χ2v) is 7.44. The molecule has 2 rings (SSSR count). The van der Waals surface area contributed by atoms with Crippen LogP contribution in [-0.4, -0.2) is 46.9 Å². The number of amides is 2. The van der Waals surface area contributed by atoms with Crippen molar-refractivity contribution in [1.29, 1.82) is 0 Å². The zero-order valence-corrected chi connectivity index (χ0v) is 16.5. The molecule has 29 heavy (non-hydrogen) atoms. The van der Waals surface area contributed by atoms with E-state index < -0.39 is 35.1 Å². The zero-order valence-electron chi connectivity index (χ0n) is 14.9. The highest BCUT2D eigenvalue weighted by Crippen LogP contribution is 2.32. The van der Waals surface area contributed by atoms with Crippen molar-refractivity contribution >= 4 is 46.0 Å². The molecule has 0 saturated heterocycles. The number of nitrogens with one attached hydrogen (secondary N) is 2. The zero-order chi connectivity index (χ0) is 21.4. The number of halogens is 3. The normalized spacial score (nSPS) is 11.0. The fourth-order valence-electron chi connectivity index (χ4n) is 1.97. The van der Waals surface area contributed by atoms with Gasteiger partial charge in [0.2, 0.25) is 11.0 Å². The predicted molar refractivity (Wildman–Crippen MR) is 99.7 cm³/mol. The summed E-state index contributed by atoms with van der Waals surface area (Å²) < 4.78 is 44.0. The average molecular weight is 448 g/mol. The van der Waals surface area contributed by atoms with Gasteiger partial charge in [0, 0.05) is 0 Å². The summed E-state index contributed by atoms with van der Waals surface area (Å²) in [6, 6.07) is 4.38. The summed E-state index contributed by atoms with van der Waals surface area (Å²) in [5.41, 5.74) is -1.60. The van der Waals surface area contributed by atoms with Gasteiger partial charge in [0.1, 0.15) is 6.54 Å². The Balaban J connectivity index is 1.90. The fraction of sp³-hybridized carbons (Fsp3) is 0.312. The van der Waals surface area contributed by atoms with Gasteiger partial charge < -0.3 is 10.1 Å². The molecule has 1 aromatic carbocycles. The van der Waals surface area contributed by atoms with Gasteiger partial charge in [-0.05, 0) is 19.1 Å². The second-order valence-electron chi connectivity index (χ2n) is 5.24. The van der Waals surface area contributed by atoms with Gasteiger partial charge >= 0.3 is 12.1 Å². The van der Waals surface area contributed by atoms with E-state index in [4.69, 9.17) is 0 Å². The molecule has 0 aliphatic carbocycles. The molecule has 0 aliphatic heterocycles. The number of anilines is 1. The number of esters is 1. The first-order chi connectivity index (χ1) is 13.7. The molecule has 0 bridgehead atoms. The van der Waals surface area contributed by atoms with Gasteiger partial charge in [0.15, 0.2) is 4.34 Å². The number of benzene rings is 1. The molecule has 0 unspecified atom stereocenters. The number of thioether (sulfide) groups is 1. The Kier molecular flexibility index (Phi) is 7.96. The van der Waals surface area contributed by atoms with Gasteiger partial charge in [-0.2, -0.15) is 13.2 Å². The quantitative estimate of drug-likeness (QED) is 0.363. The highest BCUT2D eigenvalue weighted by Gasteiger charge is 2.35. The van der Waals surface area contributed by atoms with Crippen LogP contribution in [0.4, 0.5) is 18.3 Å². The smallest absolute Gasteiger partial charge is 0.417 e. The van der Waals surface area contributed by atoms with Gasteiger partial charge in [-0.3, -0.25) is 19.7 Å². The minimum Gasteiger partial charge on any atom is -0.465 e. The van der Waals surface area contributed by atoms with Crippen molar-refractivity contribution in [2.45, 2.75) is 17.4 Å². The maximum atomic E-state index is 13.0. The van der Waals surface area contributed by atoms with Crippen LogP contribution >= 0.6 is 23.1 Å². The van der Waals surface area contributed by atoms with Gasteiger partial charge in [-0.25, -0.2) is 0 Å². The van der Waals surface area contributed by atoms with Crippen molar-refractivity contribution < 1.29 is 32.3 Å². The molecule has 2 aromatic rings. The fourth-order valence-corrected chi connectivity index (χ4v) is 3.55. The molecular weight excluding hydrogens is 433 g/mol. The summed E-state index contributed by atoms with van der Waals surface area (Å²) in [5, 5.41) is 12.0. The Morgan fingerprint density at radius 1 is 1.21 bits per heavy atom. The van der Waals surface area contributed by atoms with Crippen LogP contribution in [0.25, 0.3) is 0 Å². The van der Waals surface area contributed by atoms with Gasteiger partial charge in [-0.1, -0.05) is 35.2 Å². The molecule has 0 radical (unpaired) electrons. The first-order valence-electron chi connectivity index (χ1n) is 8.07. The molecule has 2 amide bonds. The Hall–Kier alpha value is -2.67. The maximum Gasteiger partial charge on any atom is 0.417 e. The first-order valence-corrected chi connectivity index (χ1v) is 9.87. The highest BCUT2D eigenvalue weighted by molar-refractivity contribution is 8.01. The molecule has 0 spiro atoms. The third-order valence-electron chi connectivity index (χ3n) is 3.17. The number of hydrogen-bond acceptors (Lipinski definition) is 8. The summed E-state index contributed by atoms with van der Waals surface area (Å²) in [5.74, 6) is -2.05. The number of carbonyl (C=O) groups is 3. The predicted octanol–water partition coefficient (Wildman–Crippen LogP) is 2.58. The van der Waals surface area contributed by atoms with Crippen LogP contribution in [0.1, 0.15) is 22.8 Å². The first kappa shape index (κ1) is 22.6. The molecule has 1 aromatic heterocycles. The third-order valence-corrected chi connectivity index (χ3v) is 5.14. The lowest BCUT2D eigenvalue weighted by Crippen LogP contribution is -2.31. The summed E-state index contributed by atoms with van der Waals surface area (Å²) in [6.07, 6.45) is -4.67. The Morgan fingerprint density at radius 2 is 1.93 bits per heavy atom. The number of carbonyl (C=O) groups excluding carboxylic acids is 3. The van der Waals surface area contributed by atoms with Crippen LogP contribution in [0, 0.1) is 0 Å². The molecule has 8 nitrogen and oxygen atoms in total. The van der Waals surface area contributed by atoms with E-state index in [1.165, 1.54) is 12.1 Å². The Bertz CT molecular complexity index is 889. The van der Waals surface area contributed by atoms with Crippen molar-refractivity contribution in [1.82, 2.24) is 15.5 Å². The van der Waals surface area contributed by atoms with E-state index in [1.807, 2.05) is 0 Å². The van der Waals surface area contributed by atoms with Crippen LogP contribution < -0.4 is 10.6 Å². The molecule has 1 heterocycles. The van der Waals surface area contributed by atoms with Gasteiger partial charge in [0.05, 0.1) is 23.5 Å². The Labute approximate surface area is 171 Å². The van der Waals surface area contributed by atoms with Gasteiger partial charge in [-0.15, -0.1) is 10.2 Å². The number of rotatable bonds is 8. The highest BCUT2D eigenvalue weighted by atomic mass is 32.2. The number of alkyl halides is 3. The van der Waals surface area contributed by atoms with Crippen molar-refractivity contribution in [2.24, 2.45) is 0 Å². The van der Waals surface area contributed by atoms with E-state index in [1.54, 1.807) is 6.92 Å². The maximum absolute atomic E-state index is 13.0. The van der Waals surface area contributed by atoms with Crippen molar-refractivity contribution in [3.05, 3.63) is 35.4 Å². The van der Waals surface area contributed by atoms with Crippen LogP contribution in [0.15, 0.2) is 28.6 Å². The summed E-state index contributed by atoms with van der Waals surface area (Å²) in [4.78, 5) is 35.0. The van der Waals surface area contributed by atoms with Crippen LogP contribution in [0.5, 0.6) is 0 Å². The molecule has 0 saturated carbocycles. The van der Waals surface area contributed by atoms with E-state index in [0.29, 0.717) is 4.34 Å². The largest absolute Gasteiger partial charge is 0.465 e. The minimum atomic E-state index is -4.67. The lowest BCUT2D eigenvalue weighted by atomic mass is 10.1. The van der Waals surface area contributed by atoms with E-state index in [9.17, 15) is 27.6 Å². The molecule has 13 heteroatoms. The average Bonchev–Trinajstić information content (AvgIpc) is 3.11. The van der Waals surface area contributed by atoms with Crippen LogP contribution in [-0.2, 0) is 20.5 Å². The molecular formula is C16H15F3N4O4S2. The van der Waals surface area contributed by atoms with Gasteiger partial charge in [0.25, 0.3) is 5.91 Å². The number of ether oxygens (including phenoxy) is 1. The minimum absolute atomic E-state index is 0.0126. The number of aromatic nitrogens is 2. The molecule has 0 aliphatic rings. The summed E-state index contributed by atoms with van der Waals surface area (Å²) in [6.45, 7) is 1.59. The Morgan fingerprint density at radius 3 is 2.62 bits per heavy atom. The number of nitrogens with zero attached hydrogens (tertiary/aromatic N) is 2. The molecule has 0 atom stereocenters. The van der Waals surface area contributed by atoms with Crippen molar-refractivity contribution in [3.63, 3.8) is 0 Å². The molecule has 0 fully saturated rings. The van der Waals surface area contributed by atoms with E-state index in [0.717, 1.165) is 35.2 Å². The van der Waals surface area contributed by atoms with E-state index in [-0.39, 0.29) is 24.0 Å². The molecule has 156 valence electrons. The number of hydrogen-bond donors (Lipinski definition) is 2.